The molecule has 0 radical (unpaired) electrons. The van der Waals surface area contributed by atoms with Crippen molar-refractivity contribution in [2.24, 2.45) is 0 Å². The number of nitrogens with one attached hydrogen (secondary N) is 1. The Kier molecular flexibility index (Phi) is 4.13. The van der Waals surface area contributed by atoms with Gasteiger partial charge in [0.2, 0.25) is 0 Å². The molecule has 27 heavy (non-hydrogen) atoms. The number of H-pyrrole nitrogens is 1. The number of pyridine rings is 1. The molecule has 1 atom stereocenters. The van der Waals surface area contributed by atoms with E-state index in [0.717, 1.165) is 24.9 Å². The van der Waals surface area contributed by atoms with Crippen molar-refractivity contribution in [2.75, 3.05) is 6.54 Å². The average molecular weight is 364 g/mol. The first-order valence-corrected chi connectivity index (χ1v) is 9.33. The number of carbonyl (C=O) groups is 1. The van der Waals surface area contributed by atoms with Gasteiger partial charge in [0, 0.05) is 12.7 Å². The van der Waals surface area contributed by atoms with E-state index in [1.54, 1.807) is 18.3 Å². The van der Waals surface area contributed by atoms with Crippen molar-refractivity contribution in [3.05, 3.63) is 69.8 Å². The lowest BCUT2D eigenvalue weighted by molar-refractivity contribution is 0.0735. The Morgan fingerprint density at radius 1 is 1.15 bits per heavy atom. The van der Waals surface area contributed by atoms with Gasteiger partial charge in [0.05, 0.1) is 11.6 Å². The fourth-order valence-electron chi connectivity index (χ4n) is 3.76. The first kappa shape index (κ1) is 17.5. The molecular weight excluding hydrogens is 340 g/mol. The van der Waals surface area contributed by atoms with Crippen LogP contribution in [0.15, 0.2) is 47.4 Å². The summed E-state index contributed by atoms with van der Waals surface area (Å²) < 4.78 is 1.37. The van der Waals surface area contributed by atoms with Crippen molar-refractivity contribution < 1.29 is 4.79 Å². The van der Waals surface area contributed by atoms with Crippen LogP contribution in [0.4, 0.5) is 0 Å². The zero-order valence-electron chi connectivity index (χ0n) is 15.9. The molecule has 0 bridgehead atoms. The molecule has 1 N–H and O–H groups in total. The lowest BCUT2D eigenvalue weighted by Crippen LogP contribution is -2.31. The summed E-state index contributed by atoms with van der Waals surface area (Å²) in [6.45, 7) is 7.31. The smallest absolute Gasteiger partial charge is 0.332 e. The van der Waals surface area contributed by atoms with Gasteiger partial charge in [-0.2, -0.15) is 5.10 Å². The van der Waals surface area contributed by atoms with Crippen LogP contribution in [0.2, 0.25) is 0 Å². The second kappa shape index (κ2) is 6.37. The minimum absolute atomic E-state index is 0.0487. The number of fused-ring (bicyclic) bond motifs is 1. The van der Waals surface area contributed by atoms with Crippen LogP contribution in [0.1, 0.15) is 61.1 Å². The van der Waals surface area contributed by atoms with Crippen molar-refractivity contribution in [3.63, 3.8) is 0 Å². The number of carbonyl (C=O) groups excluding carboxylic acids is 1. The van der Waals surface area contributed by atoms with Crippen LogP contribution >= 0.6 is 0 Å². The van der Waals surface area contributed by atoms with Gasteiger partial charge in [-0.3, -0.25) is 4.79 Å². The Balaban J connectivity index is 1.62. The van der Waals surface area contributed by atoms with Crippen LogP contribution in [-0.4, -0.2) is 31.9 Å². The van der Waals surface area contributed by atoms with E-state index >= 15 is 0 Å². The third-order valence-electron chi connectivity index (χ3n) is 5.33. The Morgan fingerprint density at radius 2 is 1.89 bits per heavy atom. The first-order chi connectivity index (χ1) is 12.8. The molecule has 0 spiro atoms. The molecule has 1 aromatic carbocycles. The largest absolute Gasteiger partial charge is 0.347 e. The molecule has 1 fully saturated rings. The highest BCUT2D eigenvalue weighted by atomic mass is 16.2. The van der Waals surface area contributed by atoms with Gasteiger partial charge in [-0.1, -0.05) is 45.0 Å². The summed E-state index contributed by atoms with van der Waals surface area (Å²) in [5.74, 6) is -0.0487. The number of likely N-dealkylation sites (tertiary alicyclic amines) is 1. The zero-order chi connectivity index (χ0) is 19.2. The Bertz CT molecular complexity index is 1040. The summed E-state index contributed by atoms with van der Waals surface area (Å²) in [6, 6.07) is 12.1. The summed E-state index contributed by atoms with van der Waals surface area (Å²) in [5.41, 5.74) is 3.23. The van der Waals surface area contributed by atoms with Crippen molar-refractivity contribution >= 4 is 11.6 Å². The lowest BCUT2D eigenvalue weighted by atomic mass is 9.86. The highest BCUT2D eigenvalue weighted by Gasteiger charge is 2.31. The minimum atomic E-state index is -0.338. The molecule has 6 nitrogen and oxygen atoms in total. The minimum Gasteiger partial charge on any atom is -0.332 e. The molecule has 1 amide bonds. The van der Waals surface area contributed by atoms with E-state index in [1.807, 2.05) is 4.90 Å². The van der Waals surface area contributed by atoms with Crippen molar-refractivity contribution in [3.8, 4) is 0 Å². The number of hydrogen-bond donors (Lipinski definition) is 1. The summed E-state index contributed by atoms with van der Waals surface area (Å²) in [5, 5.41) is 6.30. The van der Waals surface area contributed by atoms with Crippen molar-refractivity contribution in [2.45, 2.75) is 45.1 Å². The van der Waals surface area contributed by atoms with Gasteiger partial charge < -0.3 is 4.90 Å². The van der Waals surface area contributed by atoms with Gasteiger partial charge in [0.15, 0.2) is 5.65 Å². The highest BCUT2D eigenvalue weighted by molar-refractivity contribution is 5.94. The number of hydrogen-bond acceptors (Lipinski definition) is 3. The van der Waals surface area contributed by atoms with Gasteiger partial charge in [0.25, 0.3) is 5.91 Å². The number of benzene rings is 1. The van der Waals surface area contributed by atoms with E-state index in [0.29, 0.717) is 11.2 Å². The van der Waals surface area contributed by atoms with Gasteiger partial charge >= 0.3 is 5.69 Å². The van der Waals surface area contributed by atoms with Crippen molar-refractivity contribution in [1.82, 2.24) is 19.5 Å². The second-order valence-electron chi connectivity index (χ2n) is 8.20. The maximum atomic E-state index is 13.1. The van der Waals surface area contributed by atoms with E-state index in [-0.39, 0.29) is 23.1 Å². The fourth-order valence-corrected chi connectivity index (χ4v) is 3.76. The molecule has 0 saturated carbocycles. The molecule has 140 valence electrons. The standard InChI is InChI=1S/C21H24N4O2/c1-21(2,3)16-9-6-14(7-10-16)17-5-4-12-24(17)19(26)15-8-11-18-22-23-20(27)25(18)13-15/h6-11,13,17H,4-5,12H2,1-3H3,(H,23,27). The predicted octanol–water partition coefficient (Wildman–Crippen LogP) is 3.30. The quantitative estimate of drug-likeness (QED) is 0.758. The van der Waals surface area contributed by atoms with Crippen LogP contribution in [0.25, 0.3) is 5.65 Å². The zero-order valence-corrected chi connectivity index (χ0v) is 15.9. The molecule has 3 heterocycles. The highest BCUT2D eigenvalue weighted by Crippen LogP contribution is 2.34. The fraction of sp³-hybridized carbons (Fsp3) is 0.381. The van der Waals surface area contributed by atoms with E-state index in [2.05, 4.69) is 55.2 Å². The molecule has 6 heteroatoms. The molecule has 1 saturated heterocycles. The monoisotopic (exact) mass is 364 g/mol. The molecule has 1 aliphatic rings. The molecule has 1 aliphatic heterocycles. The maximum absolute atomic E-state index is 13.1. The summed E-state index contributed by atoms with van der Waals surface area (Å²) >= 11 is 0. The SMILES string of the molecule is CC(C)(C)c1ccc(C2CCCN2C(=O)c2ccc3n[nH]c(=O)n3c2)cc1. The number of amides is 1. The molecule has 0 aliphatic carbocycles. The normalized spacial score (nSPS) is 17.6. The van der Waals surface area contributed by atoms with Crippen LogP contribution in [-0.2, 0) is 5.41 Å². The van der Waals surface area contributed by atoms with Gasteiger partial charge in [0.1, 0.15) is 0 Å². The predicted molar refractivity (Wildman–Crippen MR) is 104 cm³/mol. The number of aromatic nitrogens is 3. The first-order valence-electron chi connectivity index (χ1n) is 9.33. The number of rotatable bonds is 2. The van der Waals surface area contributed by atoms with E-state index < -0.39 is 0 Å². The van der Waals surface area contributed by atoms with Gasteiger partial charge in [-0.05, 0) is 41.5 Å². The maximum Gasteiger partial charge on any atom is 0.347 e. The van der Waals surface area contributed by atoms with Crippen molar-refractivity contribution in [1.29, 1.82) is 0 Å². The van der Waals surface area contributed by atoms with Gasteiger partial charge in [-0.25, -0.2) is 14.3 Å². The molecule has 3 aromatic rings. The van der Waals surface area contributed by atoms with Gasteiger partial charge in [-0.15, -0.1) is 0 Å². The molecular formula is C21H24N4O2. The molecule has 2 aromatic heterocycles. The average Bonchev–Trinajstić information content (AvgIpc) is 3.27. The topological polar surface area (TPSA) is 70.5 Å². The van der Waals surface area contributed by atoms with E-state index in [1.165, 1.54) is 9.96 Å². The number of aromatic amines is 1. The summed E-state index contributed by atoms with van der Waals surface area (Å²) in [4.78, 5) is 26.8. The lowest BCUT2D eigenvalue weighted by Gasteiger charge is -2.26. The van der Waals surface area contributed by atoms with Crippen LogP contribution in [0, 0.1) is 0 Å². The van der Waals surface area contributed by atoms with E-state index in [9.17, 15) is 9.59 Å². The Labute approximate surface area is 157 Å². The molecule has 4 rings (SSSR count). The van der Waals surface area contributed by atoms with Crippen LogP contribution in [0.5, 0.6) is 0 Å². The third-order valence-corrected chi connectivity index (χ3v) is 5.33. The Hall–Kier alpha value is -2.89. The van der Waals surface area contributed by atoms with E-state index in [4.69, 9.17) is 0 Å². The number of nitrogens with zero attached hydrogens (tertiary/aromatic N) is 3. The summed E-state index contributed by atoms with van der Waals surface area (Å²) in [6.07, 6.45) is 3.50. The van der Waals surface area contributed by atoms with Crippen LogP contribution in [0.3, 0.4) is 0 Å². The molecule has 1 unspecified atom stereocenters. The van der Waals surface area contributed by atoms with Crippen LogP contribution < -0.4 is 5.69 Å². The summed E-state index contributed by atoms with van der Waals surface area (Å²) in [7, 11) is 0. The third kappa shape index (κ3) is 3.16. The second-order valence-corrected chi connectivity index (χ2v) is 8.20. The Morgan fingerprint density at radius 3 is 2.59 bits per heavy atom.